The lowest BCUT2D eigenvalue weighted by Crippen LogP contribution is -2.46. The molecule has 2 heterocycles. The first-order valence-corrected chi connectivity index (χ1v) is 10.8. The molecule has 0 bridgehead atoms. The van der Waals surface area contributed by atoms with Crippen LogP contribution in [0.3, 0.4) is 0 Å². The molecule has 162 valence electrons. The molecule has 2 saturated heterocycles. The Bertz CT molecular complexity index is 642. The number of rotatable bonds is 7. The summed E-state index contributed by atoms with van der Waals surface area (Å²) in [4.78, 5) is 11.8. The van der Waals surface area contributed by atoms with Crippen LogP contribution in [-0.2, 0) is 14.3 Å². The molecule has 0 radical (unpaired) electrons. The molecule has 0 unspecified atom stereocenters. The number of aliphatic hydroxyl groups excluding tert-OH is 2. The van der Waals surface area contributed by atoms with Crippen LogP contribution in [0.5, 0.6) is 0 Å². The molecular weight excluding hydrogens is 370 g/mol. The van der Waals surface area contributed by atoms with Gasteiger partial charge in [0.2, 0.25) is 5.91 Å². The smallest absolute Gasteiger partial charge is 0.243 e. The fraction of sp³-hybridized carbons (Fsp3) is 0.696. The highest BCUT2D eigenvalue weighted by Gasteiger charge is 2.55. The van der Waals surface area contributed by atoms with Gasteiger partial charge in [-0.2, -0.15) is 0 Å². The van der Waals surface area contributed by atoms with Crippen molar-refractivity contribution in [1.29, 1.82) is 0 Å². The first kappa shape index (κ1) is 22.2. The van der Waals surface area contributed by atoms with Crippen LogP contribution < -0.4 is 5.32 Å². The third-order valence-corrected chi connectivity index (χ3v) is 6.24. The maximum atomic E-state index is 11.8. The Kier molecular flexibility index (Phi) is 7.68. The lowest BCUT2D eigenvalue weighted by molar-refractivity contribution is -0.117. The number of allylic oxidation sites excluding steroid dienone is 3. The van der Waals surface area contributed by atoms with Crippen LogP contribution in [0.4, 0.5) is 0 Å². The largest absolute Gasteiger partial charge is 0.389 e. The molecule has 3 fully saturated rings. The number of hydrogen-bond acceptors (Lipinski definition) is 5. The zero-order valence-electron chi connectivity index (χ0n) is 17.5. The molecule has 29 heavy (non-hydrogen) atoms. The molecule has 2 aliphatic heterocycles. The van der Waals surface area contributed by atoms with Gasteiger partial charge in [0.1, 0.15) is 17.8 Å². The summed E-state index contributed by atoms with van der Waals surface area (Å²) in [6, 6.07) is 0.226. The Morgan fingerprint density at radius 2 is 2.00 bits per heavy atom. The van der Waals surface area contributed by atoms with Crippen molar-refractivity contribution in [3.05, 3.63) is 36.0 Å². The fourth-order valence-corrected chi connectivity index (χ4v) is 4.16. The summed E-state index contributed by atoms with van der Waals surface area (Å²) in [6.45, 7) is 4.97. The average Bonchev–Trinajstić information content (AvgIpc) is 3.47. The highest BCUT2D eigenvalue weighted by molar-refractivity contribution is 5.87. The van der Waals surface area contributed by atoms with E-state index in [9.17, 15) is 15.0 Å². The minimum atomic E-state index is -0.600. The van der Waals surface area contributed by atoms with Crippen molar-refractivity contribution in [2.24, 2.45) is 5.92 Å². The van der Waals surface area contributed by atoms with Gasteiger partial charge in [0.15, 0.2) is 0 Å². The summed E-state index contributed by atoms with van der Waals surface area (Å²) in [5.41, 5.74) is 0.821. The van der Waals surface area contributed by atoms with Crippen LogP contribution in [0.1, 0.15) is 52.4 Å². The minimum absolute atomic E-state index is 0.124. The van der Waals surface area contributed by atoms with Crippen LogP contribution in [0.2, 0.25) is 0 Å². The van der Waals surface area contributed by atoms with Gasteiger partial charge in [-0.15, -0.1) is 0 Å². The summed E-state index contributed by atoms with van der Waals surface area (Å²) in [5.74, 6) is 0.514. The van der Waals surface area contributed by atoms with Gasteiger partial charge in [-0.3, -0.25) is 4.79 Å². The summed E-state index contributed by atoms with van der Waals surface area (Å²) < 4.78 is 11.1. The summed E-state index contributed by atoms with van der Waals surface area (Å²) in [5, 5.41) is 22.6. The van der Waals surface area contributed by atoms with Gasteiger partial charge in [0.05, 0.1) is 19.3 Å². The van der Waals surface area contributed by atoms with Crippen molar-refractivity contribution in [3.63, 3.8) is 0 Å². The quantitative estimate of drug-likeness (QED) is 0.344. The molecule has 0 aromatic heterocycles. The van der Waals surface area contributed by atoms with E-state index in [1.165, 1.54) is 17.7 Å². The van der Waals surface area contributed by atoms with E-state index in [1.807, 2.05) is 12.2 Å². The summed E-state index contributed by atoms with van der Waals surface area (Å²) in [7, 11) is 0. The predicted octanol–water partition coefficient (Wildman–Crippen LogP) is 2.41. The number of carbonyl (C=O) groups excluding carboxylic acids is 1. The Balaban J connectivity index is 1.38. The molecule has 3 aliphatic rings. The van der Waals surface area contributed by atoms with Crippen LogP contribution in [0.25, 0.3) is 0 Å². The summed E-state index contributed by atoms with van der Waals surface area (Å²) >= 11 is 0. The van der Waals surface area contributed by atoms with Gasteiger partial charge in [-0.05, 0) is 51.9 Å². The summed E-state index contributed by atoms with van der Waals surface area (Å²) in [6.07, 6.45) is 13.7. The highest BCUT2D eigenvalue weighted by atomic mass is 16.6. The zero-order valence-corrected chi connectivity index (χ0v) is 17.5. The van der Waals surface area contributed by atoms with Crippen molar-refractivity contribution in [2.75, 3.05) is 13.2 Å². The van der Waals surface area contributed by atoms with Crippen molar-refractivity contribution in [3.8, 4) is 0 Å². The Morgan fingerprint density at radius 3 is 2.66 bits per heavy atom. The number of nitrogens with one attached hydrogen (secondary N) is 1. The van der Waals surface area contributed by atoms with Gasteiger partial charge in [-0.1, -0.05) is 29.9 Å². The van der Waals surface area contributed by atoms with E-state index in [1.54, 1.807) is 6.92 Å². The van der Waals surface area contributed by atoms with E-state index >= 15 is 0 Å². The van der Waals surface area contributed by atoms with E-state index in [0.29, 0.717) is 19.1 Å². The molecule has 1 spiro atoms. The van der Waals surface area contributed by atoms with Gasteiger partial charge in [-0.25, -0.2) is 0 Å². The highest BCUT2D eigenvalue weighted by Crippen LogP contribution is 2.40. The Labute approximate surface area is 173 Å². The number of hydrogen-bond donors (Lipinski definition) is 3. The van der Waals surface area contributed by atoms with Crippen molar-refractivity contribution in [2.45, 2.75) is 82.3 Å². The maximum Gasteiger partial charge on any atom is 0.243 e. The Morgan fingerprint density at radius 1 is 1.28 bits per heavy atom. The zero-order chi connectivity index (χ0) is 20.9. The molecule has 3 rings (SSSR count). The van der Waals surface area contributed by atoms with Gasteiger partial charge in [0, 0.05) is 18.5 Å². The second kappa shape index (κ2) is 10.0. The van der Waals surface area contributed by atoms with Crippen LogP contribution in [0.15, 0.2) is 36.0 Å². The van der Waals surface area contributed by atoms with E-state index in [4.69, 9.17) is 9.47 Å². The van der Waals surface area contributed by atoms with Crippen molar-refractivity contribution in [1.82, 2.24) is 5.32 Å². The van der Waals surface area contributed by atoms with Crippen molar-refractivity contribution >= 4 is 5.91 Å². The second-order valence-corrected chi connectivity index (χ2v) is 8.75. The lowest BCUT2D eigenvalue weighted by atomic mass is 9.83. The molecule has 1 saturated carbocycles. The standard InChI is InChI=1S/C23H35NO5/c1-16(4-11-20-22(27)23(15-29-23)13-14-28-20)3-6-18-7-9-19(10-8-18)24-21(26)12-5-17(2)25/h3-5,11-12,17-20,22,25,27H,6-10,13-15H2,1-2H3,(H,24,26)/b11-4+,12-5-,16-3+/t17-,18-,19+,20+,22+,23+/m0/s1. The number of carbonyl (C=O) groups is 1. The minimum Gasteiger partial charge on any atom is -0.389 e. The Hall–Kier alpha value is -1.47. The normalized spacial score (nSPS) is 36.6. The second-order valence-electron chi connectivity index (χ2n) is 8.75. The SMILES string of the molecule is CC(/C=C/[C@H]1OCC[C@@]2(CO2)[C@@H]1O)=C\C[C@H]1CC[C@@H](NC(=O)/C=C\[C@H](C)O)CC1. The average molecular weight is 406 g/mol. The van der Waals surface area contributed by atoms with Gasteiger partial charge < -0.3 is 25.0 Å². The molecule has 6 heteroatoms. The van der Waals surface area contributed by atoms with Gasteiger partial charge >= 0.3 is 0 Å². The third kappa shape index (κ3) is 6.51. The first-order valence-electron chi connectivity index (χ1n) is 10.8. The van der Waals surface area contributed by atoms with E-state index in [0.717, 1.165) is 38.5 Å². The molecule has 0 aromatic carbocycles. The molecule has 3 N–H and O–H groups in total. The number of amides is 1. The predicted molar refractivity (Wildman–Crippen MR) is 111 cm³/mol. The molecule has 1 aliphatic carbocycles. The van der Waals surface area contributed by atoms with E-state index in [2.05, 4.69) is 18.3 Å². The molecule has 4 atom stereocenters. The molecule has 0 aromatic rings. The maximum absolute atomic E-state index is 11.8. The number of aliphatic hydroxyl groups is 2. The van der Waals surface area contributed by atoms with Gasteiger partial charge in [0.25, 0.3) is 0 Å². The monoisotopic (exact) mass is 405 g/mol. The first-order chi connectivity index (χ1) is 13.9. The molecule has 6 nitrogen and oxygen atoms in total. The van der Waals surface area contributed by atoms with Crippen molar-refractivity contribution < 1.29 is 24.5 Å². The van der Waals surface area contributed by atoms with Crippen LogP contribution in [0, 0.1) is 5.92 Å². The third-order valence-electron chi connectivity index (χ3n) is 6.24. The van der Waals surface area contributed by atoms with E-state index < -0.39 is 12.2 Å². The fourth-order valence-electron chi connectivity index (χ4n) is 4.16. The number of epoxide rings is 1. The lowest BCUT2D eigenvalue weighted by Gasteiger charge is -2.31. The topological polar surface area (TPSA) is 91.3 Å². The molecular formula is C23H35NO5. The van der Waals surface area contributed by atoms with Crippen LogP contribution in [-0.4, -0.2) is 59.3 Å². The number of ether oxygens (including phenoxy) is 2. The molecule has 1 amide bonds. The van der Waals surface area contributed by atoms with Crippen LogP contribution >= 0.6 is 0 Å². The van der Waals surface area contributed by atoms with E-state index in [-0.39, 0.29) is 23.7 Å².